The van der Waals surface area contributed by atoms with E-state index < -0.39 is 0 Å². The average Bonchev–Trinajstić information content (AvgIpc) is 2.95. The fourth-order valence-corrected chi connectivity index (χ4v) is 2.43. The number of fused-ring (bicyclic) bond motifs is 1. The molecule has 2 unspecified atom stereocenters. The zero-order valence-electron chi connectivity index (χ0n) is 10.2. The molecule has 3 rings (SSSR count). The van der Waals surface area contributed by atoms with Gasteiger partial charge in [0.2, 0.25) is 5.78 Å². The number of carbonyl (C=O) groups is 1. The molecule has 18 heavy (non-hydrogen) atoms. The van der Waals surface area contributed by atoms with Gasteiger partial charge in [-0.2, -0.15) is 0 Å². The average molecular weight is 241 g/mol. The molecule has 0 bridgehead atoms. The van der Waals surface area contributed by atoms with Gasteiger partial charge in [-0.3, -0.25) is 4.79 Å². The number of nitrogens with two attached hydrogens (primary N) is 1. The summed E-state index contributed by atoms with van der Waals surface area (Å²) in [6.07, 6.45) is 4.44. The van der Waals surface area contributed by atoms with E-state index in [-0.39, 0.29) is 17.7 Å². The summed E-state index contributed by atoms with van der Waals surface area (Å²) in [5.74, 6) is 0.318. The molecule has 0 spiro atoms. The number of carbonyl (C=O) groups excluding carboxylic acids is 1. The fraction of sp³-hybridized carbons (Fsp3) is 0.267. The van der Waals surface area contributed by atoms with E-state index in [2.05, 4.69) is 0 Å². The van der Waals surface area contributed by atoms with Crippen molar-refractivity contribution < 1.29 is 9.21 Å². The van der Waals surface area contributed by atoms with E-state index in [0.717, 1.165) is 16.5 Å². The van der Waals surface area contributed by atoms with Gasteiger partial charge in [-0.1, -0.05) is 30.4 Å². The maximum atomic E-state index is 12.3. The van der Waals surface area contributed by atoms with Crippen molar-refractivity contribution in [3.05, 3.63) is 47.7 Å². The first-order valence-electron chi connectivity index (χ1n) is 6.12. The summed E-state index contributed by atoms with van der Waals surface area (Å²) in [4.78, 5) is 12.3. The van der Waals surface area contributed by atoms with Crippen molar-refractivity contribution in [1.29, 1.82) is 0 Å². The SMILES string of the molecule is Cc1cccc2cc(C(=O)C3C=CC(N)C3)oc12. The van der Waals surface area contributed by atoms with Crippen LogP contribution in [0.4, 0.5) is 0 Å². The molecule has 3 nitrogen and oxygen atoms in total. The lowest BCUT2D eigenvalue weighted by Crippen LogP contribution is -2.18. The van der Waals surface area contributed by atoms with Crippen LogP contribution < -0.4 is 5.73 Å². The number of allylic oxidation sites excluding steroid dienone is 1. The largest absolute Gasteiger partial charge is 0.453 e. The molecule has 2 N–H and O–H groups in total. The quantitative estimate of drug-likeness (QED) is 0.649. The number of aryl methyl sites for hydroxylation is 1. The van der Waals surface area contributed by atoms with E-state index in [1.165, 1.54) is 0 Å². The number of para-hydroxylation sites is 1. The van der Waals surface area contributed by atoms with E-state index in [4.69, 9.17) is 10.2 Å². The van der Waals surface area contributed by atoms with E-state index in [1.807, 2.05) is 43.3 Å². The van der Waals surface area contributed by atoms with Gasteiger partial charge in [0.1, 0.15) is 5.58 Å². The second-order valence-corrected chi connectivity index (χ2v) is 4.86. The highest BCUT2D eigenvalue weighted by atomic mass is 16.3. The molecule has 2 atom stereocenters. The van der Waals surface area contributed by atoms with Crippen LogP contribution in [-0.2, 0) is 0 Å². The van der Waals surface area contributed by atoms with Crippen molar-refractivity contribution in [2.45, 2.75) is 19.4 Å². The van der Waals surface area contributed by atoms with Crippen molar-refractivity contribution in [2.75, 3.05) is 0 Å². The van der Waals surface area contributed by atoms with Gasteiger partial charge in [0.25, 0.3) is 0 Å². The van der Waals surface area contributed by atoms with E-state index >= 15 is 0 Å². The van der Waals surface area contributed by atoms with Gasteiger partial charge < -0.3 is 10.2 Å². The number of benzene rings is 1. The lowest BCUT2D eigenvalue weighted by Gasteiger charge is -2.05. The zero-order valence-corrected chi connectivity index (χ0v) is 10.2. The summed E-state index contributed by atoms with van der Waals surface area (Å²) in [5, 5.41) is 0.977. The van der Waals surface area contributed by atoms with Crippen molar-refractivity contribution in [1.82, 2.24) is 0 Å². The molecular weight excluding hydrogens is 226 g/mol. The molecule has 1 aliphatic rings. The van der Waals surface area contributed by atoms with Crippen molar-refractivity contribution >= 4 is 16.8 Å². The molecule has 0 saturated carbocycles. The number of ketones is 1. The van der Waals surface area contributed by atoms with Crippen LogP contribution >= 0.6 is 0 Å². The molecular formula is C15H15NO2. The topological polar surface area (TPSA) is 56.2 Å². The smallest absolute Gasteiger partial charge is 0.204 e. The number of furan rings is 1. The van der Waals surface area contributed by atoms with Crippen LogP contribution in [0.15, 0.2) is 40.8 Å². The Morgan fingerprint density at radius 1 is 1.39 bits per heavy atom. The summed E-state index contributed by atoms with van der Waals surface area (Å²) < 4.78 is 5.68. The van der Waals surface area contributed by atoms with E-state index in [0.29, 0.717) is 12.2 Å². The Hall–Kier alpha value is -1.87. The van der Waals surface area contributed by atoms with Crippen LogP contribution in [0.3, 0.4) is 0 Å². The van der Waals surface area contributed by atoms with Gasteiger partial charge >= 0.3 is 0 Å². The summed E-state index contributed by atoms with van der Waals surface area (Å²) in [7, 11) is 0. The Labute approximate surface area is 105 Å². The second-order valence-electron chi connectivity index (χ2n) is 4.86. The zero-order chi connectivity index (χ0) is 12.7. The highest BCUT2D eigenvalue weighted by Crippen LogP contribution is 2.27. The predicted octanol–water partition coefficient (Wildman–Crippen LogP) is 2.83. The minimum absolute atomic E-state index is 0.00920. The Bertz CT molecular complexity index is 639. The third-order valence-electron chi connectivity index (χ3n) is 3.44. The number of hydrogen-bond donors (Lipinski definition) is 1. The monoisotopic (exact) mass is 241 g/mol. The summed E-state index contributed by atoms with van der Waals surface area (Å²) in [6, 6.07) is 7.71. The standard InChI is InChI=1S/C15H15NO2/c1-9-3-2-4-11-8-13(18-15(9)11)14(17)10-5-6-12(16)7-10/h2-6,8,10,12H,7,16H2,1H3. The maximum absolute atomic E-state index is 12.3. The minimum atomic E-state index is -0.138. The second kappa shape index (κ2) is 4.10. The van der Waals surface area contributed by atoms with E-state index in [1.54, 1.807) is 0 Å². The van der Waals surface area contributed by atoms with Crippen LogP contribution in [0.1, 0.15) is 22.5 Å². The Balaban J connectivity index is 1.97. The first-order valence-corrected chi connectivity index (χ1v) is 6.12. The van der Waals surface area contributed by atoms with Crippen molar-refractivity contribution in [2.24, 2.45) is 11.7 Å². The van der Waals surface area contributed by atoms with Crippen molar-refractivity contribution in [3.8, 4) is 0 Å². The third-order valence-corrected chi connectivity index (χ3v) is 3.44. The molecule has 0 fully saturated rings. The van der Waals surface area contributed by atoms with Gasteiger partial charge in [-0.05, 0) is 25.0 Å². The van der Waals surface area contributed by atoms with Gasteiger partial charge in [0.05, 0.1) is 0 Å². The van der Waals surface area contributed by atoms with Crippen LogP contribution in [0.2, 0.25) is 0 Å². The molecule has 0 amide bonds. The van der Waals surface area contributed by atoms with Gasteiger partial charge in [0, 0.05) is 17.3 Å². The first-order chi connectivity index (χ1) is 8.65. The molecule has 3 heteroatoms. The number of Topliss-reactive ketones (excluding diaryl/α,β-unsaturated/α-hetero) is 1. The van der Waals surface area contributed by atoms with Crippen molar-refractivity contribution in [3.63, 3.8) is 0 Å². The van der Waals surface area contributed by atoms with Crippen LogP contribution in [0.25, 0.3) is 11.0 Å². The van der Waals surface area contributed by atoms with Crippen LogP contribution in [0, 0.1) is 12.8 Å². The summed E-state index contributed by atoms with van der Waals surface area (Å²) in [6.45, 7) is 1.98. The molecule has 0 radical (unpaired) electrons. The highest BCUT2D eigenvalue weighted by molar-refractivity contribution is 6.00. The lowest BCUT2D eigenvalue weighted by molar-refractivity contribution is 0.0917. The van der Waals surface area contributed by atoms with Gasteiger partial charge in [-0.25, -0.2) is 0 Å². The minimum Gasteiger partial charge on any atom is -0.453 e. The number of hydrogen-bond acceptors (Lipinski definition) is 3. The lowest BCUT2D eigenvalue weighted by atomic mass is 10.0. The van der Waals surface area contributed by atoms with Crippen LogP contribution in [0.5, 0.6) is 0 Å². The molecule has 2 aromatic rings. The Morgan fingerprint density at radius 3 is 2.89 bits per heavy atom. The molecule has 1 aromatic carbocycles. The molecule has 92 valence electrons. The number of rotatable bonds is 2. The summed E-state index contributed by atoms with van der Waals surface area (Å²) >= 11 is 0. The fourth-order valence-electron chi connectivity index (χ4n) is 2.43. The highest BCUT2D eigenvalue weighted by Gasteiger charge is 2.26. The van der Waals surface area contributed by atoms with E-state index in [9.17, 15) is 4.79 Å². The van der Waals surface area contributed by atoms with Gasteiger partial charge in [-0.15, -0.1) is 0 Å². The molecule has 1 heterocycles. The molecule has 0 aliphatic heterocycles. The predicted molar refractivity (Wildman–Crippen MR) is 70.5 cm³/mol. The Kier molecular flexibility index (Phi) is 2.56. The third kappa shape index (κ3) is 1.77. The molecule has 1 aliphatic carbocycles. The maximum Gasteiger partial charge on any atom is 0.204 e. The molecule has 0 saturated heterocycles. The van der Waals surface area contributed by atoms with Gasteiger partial charge in [0.15, 0.2) is 5.76 Å². The first kappa shape index (κ1) is 11.2. The summed E-state index contributed by atoms with van der Waals surface area (Å²) in [5.41, 5.74) is 7.62. The van der Waals surface area contributed by atoms with Crippen LogP contribution in [-0.4, -0.2) is 11.8 Å². The Morgan fingerprint density at radius 2 is 2.22 bits per heavy atom. The molecule has 1 aromatic heterocycles. The normalized spacial score (nSPS) is 22.8.